The van der Waals surface area contributed by atoms with E-state index in [-0.39, 0.29) is 11.1 Å². The molecule has 0 fully saturated rings. The third kappa shape index (κ3) is 4.34. The van der Waals surface area contributed by atoms with E-state index in [0.717, 1.165) is 0 Å². The van der Waals surface area contributed by atoms with Crippen LogP contribution in [0.4, 0.5) is 5.69 Å². The summed E-state index contributed by atoms with van der Waals surface area (Å²) in [6, 6.07) is 15.7. The van der Waals surface area contributed by atoms with Gasteiger partial charge in [-0.1, -0.05) is 18.2 Å². The predicted molar refractivity (Wildman–Crippen MR) is 115 cm³/mol. The smallest absolute Gasteiger partial charge is 0.255 e. The van der Waals surface area contributed by atoms with E-state index in [1.54, 1.807) is 36.4 Å². The maximum Gasteiger partial charge on any atom is 0.255 e. The van der Waals surface area contributed by atoms with Crippen molar-refractivity contribution in [3.05, 3.63) is 72.6 Å². The van der Waals surface area contributed by atoms with Crippen molar-refractivity contribution >= 4 is 69.2 Å². The Kier molecular flexibility index (Phi) is 5.90. The third-order valence-corrected chi connectivity index (χ3v) is 8.82. The number of carbonyl (C=O) groups excluding carboxylic acids is 1. The number of sulfone groups is 1. The zero-order valence-corrected chi connectivity index (χ0v) is 19.1. The first-order valence-corrected chi connectivity index (χ1v) is 11.4. The lowest BCUT2D eigenvalue weighted by molar-refractivity contribution is 0.102. The van der Waals surface area contributed by atoms with Crippen molar-refractivity contribution < 1.29 is 13.2 Å². The van der Waals surface area contributed by atoms with E-state index in [0.29, 0.717) is 16.9 Å². The van der Waals surface area contributed by atoms with Crippen molar-refractivity contribution in [1.82, 2.24) is 9.55 Å². The maximum absolute atomic E-state index is 12.6. The normalized spacial score (nSPS) is 12.0. The molecule has 0 aliphatic rings. The number of nitrogens with zero attached hydrogens (tertiary/aromatic N) is 2. The second kappa shape index (κ2) is 7.86. The highest BCUT2D eigenvalue weighted by Crippen LogP contribution is 2.43. The predicted octanol–water partition coefficient (Wildman–Crippen LogP) is 4.69. The fraction of sp³-hybridized carbons (Fsp3) is 0.0588. The number of benzene rings is 2. The second-order valence-electron chi connectivity index (χ2n) is 5.40. The molecule has 1 heterocycles. The zero-order valence-electron chi connectivity index (χ0n) is 13.5. The van der Waals surface area contributed by atoms with Crippen molar-refractivity contribution in [2.45, 2.75) is 6.63 Å². The molecular weight excluding hydrogens is 566 g/mol. The number of amides is 1. The number of hydrogen-bond donors (Lipinski definition) is 1. The van der Waals surface area contributed by atoms with Gasteiger partial charge >= 0.3 is 0 Å². The van der Waals surface area contributed by atoms with Crippen molar-refractivity contribution in [1.29, 1.82) is 0 Å². The van der Waals surface area contributed by atoms with Gasteiger partial charge in [0.15, 0.2) is 0 Å². The van der Waals surface area contributed by atoms with Crippen LogP contribution in [0.3, 0.4) is 0 Å². The van der Waals surface area contributed by atoms with E-state index >= 15 is 0 Å². The average molecular weight is 578 g/mol. The van der Waals surface area contributed by atoms with Gasteiger partial charge < -0.3 is 5.32 Å². The molecule has 0 aliphatic heterocycles. The Morgan fingerprint density at radius 1 is 1.00 bits per heavy atom. The molecule has 140 valence electrons. The van der Waals surface area contributed by atoms with Crippen LogP contribution in [0.1, 0.15) is 10.4 Å². The van der Waals surface area contributed by atoms with E-state index in [2.05, 4.69) is 58.1 Å². The van der Waals surface area contributed by atoms with Gasteiger partial charge in [-0.05, 0) is 84.2 Å². The quantitative estimate of drug-likeness (QED) is 0.456. The van der Waals surface area contributed by atoms with Gasteiger partial charge in [0.25, 0.3) is 5.91 Å². The fourth-order valence-corrected chi connectivity index (χ4v) is 4.42. The molecule has 1 N–H and O–H groups in total. The van der Waals surface area contributed by atoms with Crippen LogP contribution in [0.15, 0.2) is 72.1 Å². The first kappa shape index (κ1) is 20.2. The molecule has 3 rings (SSSR count). The monoisotopic (exact) mass is 575 g/mol. The van der Waals surface area contributed by atoms with Gasteiger partial charge in [-0.2, -0.15) is 0 Å². The van der Waals surface area contributed by atoms with Crippen LogP contribution in [-0.2, 0) is 9.84 Å². The van der Waals surface area contributed by atoms with Crippen molar-refractivity contribution in [2.24, 2.45) is 0 Å². The minimum Gasteiger partial charge on any atom is -0.322 e. The van der Waals surface area contributed by atoms with E-state index in [4.69, 9.17) is 0 Å². The lowest BCUT2D eigenvalue weighted by Crippen LogP contribution is -2.21. The third-order valence-electron chi connectivity index (χ3n) is 3.59. The van der Waals surface area contributed by atoms with Gasteiger partial charge in [-0.25, -0.2) is 13.4 Å². The highest BCUT2D eigenvalue weighted by atomic mass is 80.0. The molecule has 6 nitrogen and oxygen atoms in total. The molecule has 0 spiro atoms. The molecule has 0 radical (unpaired) electrons. The number of rotatable bonds is 4. The molecule has 0 unspecified atom stereocenters. The number of anilines is 1. The summed E-state index contributed by atoms with van der Waals surface area (Å²) in [6.07, 6.45) is 2.92. The second-order valence-corrected chi connectivity index (χ2v) is 15.7. The number of para-hydroxylation sites is 1. The Balaban J connectivity index is 1.87. The Bertz CT molecular complexity index is 1060. The molecular formula is C17H12Br3N3O3S. The molecule has 1 aromatic heterocycles. The lowest BCUT2D eigenvalue weighted by Gasteiger charge is -2.15. The minimum absolute atomic E-state index is 0.158. The highest BCUT2D eigenvalue weighted by Gasteiger charge is 2.40. The zero-order chi connectivity index (χ0) is 19.7. The van der Waals surface area contributed by atoms with Crippen LogP contribution in [0.25, 0.3) is 5.69 Å². The number of aromatic nitrogens is 2. The topological polar surface area (TPSA) is 81.1 Å². The van der Waals surface area contributed by atoms with E-state index < -0.39 is 11.3 Å². The summed E-state index contributed by atoms with van der Waals surface area (Å²) in [5.74, 6) is -0.258. The number of carbonyl (C=O) groups is 1. The Morgan fingerprint density at radius 3 is 2.22 bits per heavy atom. The van der Waals surface area contributed by atoms with Crippen LogP contribution < -0.4 is 5.32 Å². The van der Waals surface area contributed by atoms with Gasteiger partial charge in [0.05, 0.1) is 0 Å². The molecule has 3 aromatic rings. The van der Waals surface area contributed by atoms with Gasteiger partial charge in [0.1, 0.15) is 0 Å². The van der Waals surface area contributed by atoms with Gasteiger partial charge in [0.2, 0.25) is 16.5 Å². The fourth-order valence-electron chi connectivity index (χ4n) is 2.29. The van der Waals surface area contributed by atoms with E-state index in [9.17, 15) is 13.2 Å². The van der Waals surface area contributed by atoms with Crippen LogP contribution in [0.2, 0.25) is 0 Å². The molecule has 0 saturated carbocycles. The van der Waals surface area contributed by atoms with Crippen molar-refractivity contribution in [2.75, 3.05) is 5.32 Å². The summed E-state index contributed by atoms with van der Waals surface area (Å²) in [7, 11) is -3.86. The summed E-state index contributed by atoms with van der Waals surface area (Å²) >= 11 is 9.09. The Labute approximate surface area is 181 Å². The molecule has 27 heavy (non-hydrogen) atoms. The molecule has 2 aromatic carbocycles. The first-order valence-electron chi connectivity index (χ1n) is 7.52. The van der Waals surface area contributed by atoms with Crippen LogP contribution in [-0.4, -0.2) is 25.4 Å². The molecule has 0 bridgehead atoms. The number of alkyl halides is 3. The van der Waals surface area contributed by atoms with Crippen LogP contribution in [0.5, 0.6) is 0 Å². The Morgan fingerprint density at radius 2 is 1.63 bits per heavy atom. The van der Waals surface area contributed by atoms with Crippen molar-refractivity contribution in [3.8, 4) is 5.69 Å². The van der Waals surface area contributed by atoms with Crippen molar-refractivity contribution in [3.63, 3.8) is 0 Å². The maximum atomic E-state index is 12.6. The van der Waals surface area contributed by atoms with Gasteiger partial charge in [-0.15, -0.1) is 0 Å². The van der Waals surface area contributed by atoms with Gasteiger partial charge in [-0.3, -0.25) is 9.36 Å². The van der Waals surface area contributed by atoms with E-state index in [1.807, 2.05) is 18.2 Å². The summed E-state index contributed by atoms with van der Waals surface area (Å²) in [4.78, 5) is 16.3. The average Bonchev–Trinajstić information content (AvgIpc) is 3.12. The number of halogens is 3. The Hall–Kier alpha value is -1.49. The summed E-state index contributed by atoms with van der Waals surface area (Å²) in [6.45, 7) is 0. The van der Waals surface area contributed by atoms with Crippen LogP contribution >= 0.6 is 47.8 Å². The lowest BCUT2D eigenvalue weighted by atomic mass is 10.2. The molecule has 0 saturated heterocycles. The first-order chi connectivity index (χ1) is 12.7. The molecule has 0 atom stereocenters. The standard InChI is InChI=1S/C17H12Br3N3O3S/c18-17(19,20)27(25,26)16-21-10-11-23(16)14-8-6-12(7-9-14)15(24)22-13-4-2-1-3-5-13/h1-11H,(H,22,24). The number of nitrogens with one attached hydrogen (secondary N) is 1. The van der Waals surface area contributed by atoms with Gasteiger partial charge in [0, 0.05) is 29.3 Å². The molecule has 0 aliphatic carbocycles. The van der Waals surface area contributed by atoms with Crippen LogP contribution in [0, 0.1) is 0 Å². The summed E-state index contributed by atoms with van der Waals surface area (Å²) < 4.78 is 25.1. The summed E-state index contributed by atoms with van der Waals surface area (Å²) in [5.41, 5.74) is 1.69. The SMILES string of the molecule is O=C(Nc1ccccc1)c1ccc(-n2ccnc2S(=O)(=O)C(Br)(Br)Br)cc1. The minimum atomic E-state index is -3.86. The number of imidazole rings is 1. The van der Waals surface area contributed by atoms with E-state index in [1.165, 1.54) is 17.0 Å². The molecule has 10 heteroatoms. The number of hydrogen-bond acceptors (Lipinski definition) is 4. The summed E-state index contributed by atoms with van der Waals surface area (Å²) in [5, 5.41) is 2.64. The highest BCUT2D eigenvalue weighted by molar-refractivity contribution is 9.42. The molecule has 1 amide bonds. The largest absolute Gasteiger partial charge is 0.322 e.